The zero-order valence-corrected chi connectivity index (χ0v) is 30.6. The van der Waals surface area contributed by atoms with Gasteiger partial charge < -0.3 is 19.9 Å². The SMILES string of the molecule is Cc1ncnc(C(=O)N2CCC3(CC2)CC(C)c2c3c(=O)n3nc(-c4ccc(S(C)(=O)=O)cc4)nc3n2CC(=O)Nc2ccc(C(F)(F)F)cc2Cl)c1O. The number of aromatic hydroxyl groups is 1. The quantitative estimate of drug-likeness (QED) is 0.244. The molecule has 1 fully saturated rings. The molecule has 0 radical (unpaired) electrons. The Morgan fingerprint density at radius 1 is 1.09 bits per heavy atom. The van der Waals surface area contributed by atoms with Gasteiger partial charge in [0.2, 0.25) is 11.7 Å². The highest BCUT2D eigenvalue weighted by atomic mass is 35.5. The molecule has 2 aliphatic rings. The molecular weight excluding hydrogens is 753 g/mol. The maximum atomic E-state index is 14.5. The Bertz CT molecular complexity index is 2530. The molecule has 3 aromatic heterocycles. The number of aromatic nitrogens is 6. The minimum atomic E-state index is -4.64. The van der Waals surface area contributed by atoms with E-state index in [0.29, 0.717) is 42.1 Å². The van der Waals surface area contributed by atoms with E-state index in [2.05, 4.69) is 25.4 Å². The fourth-order valence-electron chi connectivity index (χ4n) is 7.49. The molecule has 14 nitrogen and oxygen atoms in total. The maximum absolute atomic E-state index is 14.5. The van der Waals surface area contributed by atoms with Crippen LogP contribution in [-0.2, 0) is 32.8 Å². The van der Waals surface area contributed by atoms with Gasteiger partial charge in [-0.25, -0.2) is 18.4 Å². The van der Waals surface area contributed by atoms with E-state index in [9.17, 15) is 41.1 Å². The second kappa shape index (κ2) is 13.2. The number of fused-ring (bicyclic) bond motifs is 3. The first-order valence-corrected chi connectivity index (χ1v) is 19.0. The predicted octanol–water partition coefficient (Wildman–Crippen LogP) is 4.76. The van der Waals surface area contributed by atoms with E-state index in [4.69, 9.17) is 11.6 Å². The van der Waals surface area contributed by atoms with E-state index in [1.165, 1.54) is 30.6 Å². The van der Waals surface area contributed by atoms with Gasteiger partial charge in [-0.2, -0.15) is 22.7 Å². The van der Waals surface area contributed by atoms with E-state index < -0.39 is 50.9 Å². The molecule has 1 atom stereocenters. The molecule has 2 amide bonds. The molecule has 4 heterocycles. The standard InChI is InChI=1S/C35H32ClF3N8O6S/c1-18-15-34(10-12-45(13-11-34)32(51)27-29(49)19(2)40-17-41-27)26-28(18)46(16-25(48)42-24-9-6-21(14-23(24)36)35(37,38)39)33-43-30(44-47(33)31(26)50)20-4-7-22(8-5-20)54(3,52)53/h4-9,14,17-18,49H,10-13,15-16H2,1-3H3,(H,42,48). The number of carbonyl (C=O) groups excluding carboxylic acids is 2. The van der Waals surface area contributed by atoms with Gasteiger partial charge in [-0.3, -0.25) is 14.4 Å². The van der Waals surface area contributed by atoms with E-state index in [1.54, 1.807) is 16.4 Å². The number of nitrogens with zero attached hydrogens (tertiary/aromatic N) is 7. The van der Waals surface area contributed by atoms with Crippen LogP contribution in [0.3, 0.4) is 0 Å². The highest BCUT2D eigenvalue weighted by Crippen LogP contribution is 2.50. The van der Waals surface area contributed by atoms with Crippen LogP contribution in [0.5, 0.6) is 5.75 Å². The molecule has 2 N–H and O–H groups in total. The number of rotatable bonds is 6. The van der Waals surface area contributed by atoms with E-state index in [-0.39, 0.29) is 63.4 Å². The van der Waals surface area contributed by atoms with Gasteiger partial charge in [0.05, 0.1) is 26.9 Å². The van der Waals surface area contributed by atoms with E-state index in [1.807, 2.05) is 6.92 Å². The van der Waals surface area contributed by atoms with Crippen LogP contribution >= 0.6 is 11.6 Å². The third-order valence-electron chi connectivity index (χ3n) is 10.1. The second-order valence-electron chi connectivity index (χ2n) is 13.7. The van der Waals surface area contributed by atoms with Gasteiger partial charge in [-0.05, 0) is 74.6 Å². The van der Waals surface area contributed by atoms with Gasteiger partial charge in [0, 0.05) is 41.6 Å². The minimum absolute atomic E-state index is 0.0146. The van der Waals surface area contributed by atoms with Crippen LogP contribution in [0.15, 0.2) is 58.5 Å². The first kappa shape index (κ1) is 37.0. The predicted molar refractivity (Wildman–Crippen MR) is 189 cm³/mol. The molecule has 1 aliphatic heterocycles. The van der Waals surface area contributed by atoms with E-state index >= 15 is 0 Å². The van der Waals surface area contributed by atoms with Crippen LogP contribution < -0.4 is 10.9 Å². The maximum Gasteiger partial charge on any atom is 0.416 e. The van der Waals surface area contributed by atoms with Crippen LogP contribution in [0.2, 0.25) is 5.02 Å². The average molecular weight is 785 g/mol. The van der Waals surface area contributed by atoms with Crippen molar-refractivity contribution in [3.05, 3.63) is 92.4 Å². The summed E-state index contributed by atoms with van der Waals surface area (Å²) < 4.78 is 66.6. The summed E-state index contributed by atoms with van der Waals surface area (Å²) in [5, 5.41) is 17.2. The number of likely N-dealkylation sites (tertiary alicyclic amines) is 1. The number of anilines is 1. The summed E-state index contributed by atoms with van der Waals surface area (Å²) in [5.41, 5.74) is -0.785. The van der Waals surface area contributed by atoms with Crippen molar-refractivity contribution >= 4 is 44.7 Å². The molecule has 19 heteroatoms. The lowest BCUT2D eigenvalue weighted by Crippen LogP contribution is -2.46. The molecule has 282 valence electrons. The van der Waals surface area contributed by atoms with Crippen LogP contribution in [0.25, 0.3) is 17.2 Å². The van der Waals surface area contributed by atoms with Crippen LogP contribution in [-0.4, -0.2) is 78.7 Å². The topological polar surface area (TPSA) is 182 Å². The van der Waals surface area contributed by atoms with Gasteiger partial charge in [0.15, 0.2) is 27.1 Å². The molecule has 54 heavy (non-hydrogen) atoms. The number of amides is 2. The van der Waals surface area contributed by atoms with Crippen LogP contribution in [0, 0.1) is 6.92 Å². The molecule has 0 saturated carbocycles. The fraction of sp³-hybridized carbons (Fsp3) is 0.343. The number of hydrogen-bond donors (Lipinski definition) is 2. The third-order valence-corrected chi connectivity index (χ3v) is 11.5. The molecule has 5 aromatic rings. The number of nitrogens with one attached hydrogen (secondary N) is 1. The summed E-state index contributed by atoms with van der Waals surface area (Å²) in [6, 6.07) is 8.34. The van der Waals surface area contributed by atoms with Crippen molar-refractivity contribution in [2.24, 2.45) is 0 Å². The molecule has 7 rings (SSSR count). The summed E-state index contributed by atoms with van der Waals surface area (Å²) in [6.07, 6.45) is -1.15. The number of benzene rings is 2. The molecule has 1 saturated heterocycles. The first-order valence-electron chi connectivity index (χ1n) is 16.7. The summed E-state index contributed by atoms with van der Waals surface area (Å²) in [5.74, 6) is -1.64. The number of sulfone groups is 1. The summed E-state index contributed by atoms with van der Waals surface area (Å²) in [6.45, 7) is 3.50. The Morgan fingerprint density at radius 3 is 2.41 bits per heavy atom. The lowest BCUT2D eigenvalue weighted by molar-refractivity contribution is -0.137. The van der Waals surface area contributed by atoms with Crippen molar-refractivity contribution in [2.45, 2.75) is 62.1 Å². The third kappa shape index (κ3) is 6.46. The first-order chi connectivity index (χ1) is 25.4. The lowest BCUT2D eigenvalue weighted by Gasteiger charge is -2.39. The van der Waals surface area contributed by atoms with Crippen LogP contribution in [0.1, 0.15) is 65.1 Å². The Kier molecular flexibility index (Phi) is 9.03. The van der Waals surface area contributed by atoms with Crippen molar-refractivity contribution in [3.8, 4) is 17.1 Å². The zero-order valence-electron chi connectivity index (χ0n) is 29.0. The Hall–Kier alpha value is -5.36. The summed E-state index contributed by atoms with van der Waals surface area (Å²) in [7, 11) is -3.50. The second-order valence-corrected chi connectivity index (χ2v) is 16.1. The van der Waals surface area contributed by atoms with Gasteiger partial charge >= 0.3 is 6.18 Å². The van der Waals surface area contributed by atoms with Crippen molar-refractivity contribution in [3.63, 3.8) is 0 Å². The van der Waals surface area contributed by atoms with Gasteiger partial charge in [-0.15, -0.1) is 5.10 Å². The molecular formula is C35H32ClF3N8O6S. The smallest absolute Gasteiger partial charge is 0.416 e. The van der Waals surface area contributed by atoms with Gasteiger partial charge in [0.1, 0.15) is 12.9 Å². The van der Waals surface area contributed by atoms with Crippen LogP contribution in [0.4, 0.5) is 18.9 Å². The normalized spacial score (nSPS) is 16.9. The zero-order chi connectivity index (χ0) is 38.9. The van der Waals surface area contributed by atoms with Gasteiger partial charge in [0.25, 0.3) is 11.5 Å². The highest BCUT2D eigenvalue weighted by molar-refractivity contribution is 7.90. The minimum Gasteiger partial charge on any atom is -0.504 e. The van der Waals surface area contributed by atoms with Crippen molar-refractivity contribution in [1.29, 1.82) is 0 Å². The average Bonchev–Trinajstić information content (AvgIpc) is 3.68. The lowest BCUT2D eigenvalue weighted by atomic mass is 9.73. The monoisotopic (exact) mass is 784 g/mol. The number of halogens is 4. The summed E-state index contributed by atoms with van der Waals surface area (Å²) in [4.78, 5) is 55.7. The molecule has 1 unspecified atom stereocenters. The Labute approximate surface area is 310 Å². The fourth-order valence-corrected chi connectivity index (χ4v) is 8.35. The molecule has 2 aromatic carbocycles. The molecule has 1 spiro atoms. The largest absolute Gasteiger partial charge is 0.504 e. The number of carbonyl (C=O) groups is 2. The van der Waals surface area contributed by atoms with Crippen molar-refractivity contribution in [1.82, 2.24) is 34.0 Å². The van der Waals surface area contributed by atoms with Crippen molar-refractivity contribution < 1.29 is 36.3 Å². The number of aryl methyl sites for hydroxylation is 1. The van der Waals surface area contributed by atoms with Crippen molar-refractivity contribution in [2.75, 3.05) is 24.7 Å². The number of piperidine rings is 1. The molecule has 1 aliphatic carbocycles. The molecule has 0 bridgehead atoms. The Balaban J connectivity index is 1.29. The highest BCUT2D eigenvalue weighted by Gasteiger charge is 2.49. The number of alkyl halides is 3. The van der Waals surface area contributed by atoms with E-state index in [0.717, 1.165) is 22.9 Å². The summed E-state index contributed by atoms with van der Waals surface area (Å²) >= 11 is 6.14. The number of hydrogen-bond acceptors (Lipinski definition) is 10. The Morgan fingerprint density at radius 2 is 1.78 bits per heavy atom. The van der Waals surface area contributed by atoms with Gasteiger partial charge in [-0.1, -0.05) is 18.5 Å².